The smallest absolute Gasteiger partial charge is 0.162 e. The van der Waals surface area contributed by atoms with Crippen LogP contribution in [0.25, 0.3) is 10.8 Å². The monoisotopic (exact) mass is 413 g/mol. The van der Waals surface area contributed by atoms with E-state index >= 15 is 0 Å². The van der Waals surface area contributed by atoms with Crippen molar-refractivity contribution in [3.63, 3.8) is 0 Å². The molecule has 3 aromatic rings. The number of Topliss-reactive ketones (excluding diaryl/α,β-unsaturated/α-hetero) is 1. The van der Waals surface area contributed by atoms with Crippen molar-refractivity contribution in [2.45, 2.75) is 32.6 Å². The fraction of sp³-hybridized carbons (Fsp3) is 0.296. The Morgan fingerprint density at radius 3 is 2.48 bits per heavy atom. The number of carbonyl (C=O) groups is 1. The molecule has 1 atom stereocenters. The average molecular weight is 414 g/mol. The van der Waals surface area contributed by atoms with E-state index in [0.29, 0.717) is 17.9 Å². The Hall–Kier alpha value is -3.27. The van der Waals surface area contributed by atoms with Crippen LogP contribution in [0.5, 0.6) is 11.5 Å². The Morgan fingerprint density at radius 2 is 1.71 bits per heavy atom. The molecular weight excluding hydrogens is 386 g/mol. The molecule has 0 amide bonds. The predicted molar refractivity (Wildman–Crippen MR) is 124 cm³/mol. The molecule has 4 heteroatoms. The van der Waals surface area contributed by atoms with Gasteiger partial charge >= 0.3 is 0 Å². The van der Waals surface area contributed by atoms with Gasteiger partial charge in [0.1, 0.15) is 0 Å². The van der Waals surface area contributed by atoms with Crippen molar-refractivity contribution in [1.29, 1.82) is 0 Å². The molecule has 0 unspecified atom stereocenters. The second-order valence-electron chi connectivity index (χ2n) is 9.25. The van der Waals surface area contributed by atoms with Crippen LogP contribution in [-0.4, -0.2) is 20.0 Å². The maximum absolute atomic E-state index is 13.5. The van der Waals surface area contributed by atoms with Crippen molar-refractivity contribution in [2.75, 3.05) is 19.5 Å². The standard InChI is InChI=1S/C27H27NO3/c1-27(2)14-20-26(21(29)15-27)24(17-10-12-22(30-3)23(13-17)31-4)25-18-8-6-5-7-16(18)9-11-19(25)28-20/h5-13,24,28H,14-15H2,1-4H3/t24-/m1/s1. The predicted octanol–water partition coefficient (Wildman–Crippen LogP) is 6.06. The first-order chi connectivity index (χ1) is 14.9. The number of methoxy groups -OCH3 is 2. The fourth-order valence-corrected chi connectivity index (χ4v) is 5.17. The molecule has 0 bridgehead atoms. The minimum Gasteiger partial charge on any atom is -0.493 e. The highest BCUT2D eigenvalue weighted by atomic mass is 16.5. The summed E-state index contributed by atoms with van der Waals surface area (Å²) in [7, 11) is 3.28. The van der Waals surface area contributed by atoms with Crippen LogP contribution in [0.3, 0.4) is 0 Å². The largest absolute Gasteiger partial charge is 0.493 e. The van der Waals surface area contributed by atoms with Crippen LogP contribution in [-0.2, 0) is 4.79 Å². The van der Waals surface area contributed by atoms with Crippen molar-refractivity contribution in [3.05, 3.63) is 77.0 Å². The third-order valence-corrected chi connectivity index (χ3v) is 6.49. The van der Waals surface area contributed by atoms with E-state index in [1.165, 1.54) is 5.39 Å². The molecular formula is C27H27NO3. The molecule has 1 aliphatic carbocycles. The van der Waals surface area contributed by atoms with E-state index in [4.69, 9.17) is 9.47 Å². The Bertz CT molecular complexity index is 1240. The summed E-state index contributed by atoms with van der Waals surface area (Å²) in [4.78, 5) is 13.5. The molecule has 0 aromatic heterocycles. The molecule has 1 aliphatic heterocycles. The molecule has 2 aliphatic rings. The van der Waals surface area contributed by atoms with Crippen LogP contribution in [0.4, 0.5) is 5.69 Å². The maximum Gasteiger partial charge on any atom is 0.162 e. The normalized spacial score (nSPS) is 19.5. The molecule has 1 heterocycles. The summed E-state index contributed by atoms with van der Waals surface area (Å²) >= 11 is 0. The van der Waals surface area contributed by atoms with Crippen molar-refractivity contribution in [3.8, 4) is 11.5 Å². The third-order valence-electron chi connectivity index (χ3n) is 6.49. The second-order valence-corrected chi connectivity index (χ2v) is 9.25. The quantitative estimate of drug-likeness (QED) is 0.567. The van der Waals surface area contributed by atoms with E-state index in [1.54, 1.807) is 14.2 Å². The minimum atomic E-state index is -0.152. The van der Waals surface area contributed by atoms with Crippen LogP contribution >= 0.6 is 0 Å². The zero-order valence-electron chi connectivity index (χ0n) is 18.4. The third kappa shape index (κ3) is 3.18. The van der Waals surface area contributed by atoms with E-state index in [0.717, 1.165) is 39.9 Å². The van der Waals surface area contributed by atoms with Crippen molar-refractivity contribution >= 4 is 22.2 Å². The highest BCUT2D eigenvalue weighted by Crippen LogP contribution is 2.51. The number of benzene rings is 3. The summed E-state index contributed by atoms with van der Waals surface area (Å²) in [5.41, 5.74) is 5.13. The summed E-state index contributed by atoms with van der Waals surface area (Å²) in [6, 6.07) is 18.7. The van der Waals surface area contributed by atoms with Crippen molar-refractivity contribution in [1.82, 2.24) is 0 Å². The van der Waals surface area contributed by atoms with Gasteiger partial charge in [0.05, 0.1) is 14.2 Å². The molecule has 1 N–H and O–H groups in total. The van der Waals surface area contributed by atoms with Gasteiger partial charge in [-0.3, -0.25) is 4.79 Å². The van der Waals surface area contributed by atoms with Crippen LogP contribution < -0.4 is 14.8 Å². The number of ether oxygens (including phenoxy) is 2. The van der Waals surface area contributed by atoms with Crippen molar-refractivity contribution in [2.24, 2.45) is 5.41 Å². The Labute approximate surface area is 182 Å². The average Bonchev–Trinajstić information content (AvgIpc) is 2.76. The van der Waals surface area contributed by atoms with E-state index in [9.17, 15) is 4.79 Å². The number of rotatable bonds is 3. The van der Waals surface area contributed by atoms with E-state index < -0.39 is 0 Å². The lowest BCUT2D eigenvalue weighted by molar-refractivity contribution is -0.118. The SMILES string of the molecule is COc1ccc([C@H]2C3=C(CC(C)(C)CC3=O)Nc3ccc4ccccc4c32)cc1OC. The van der Waals surface area contributed by atoms with Gasteiger partial charge in [0, 0.05) is 29.3 Å². The van der Waals surface area contributed by atoms with Gasteiger partial charge in [-0.15, -0.1) is 0 Å². The molecule has 3 aromatic carbocycles. The lowest BCUT2D eigenvalue weighted by Crippen LogP contribution is -2.33. The summed E-state index contributed by atoms with van der Waals surface area (Å²) in [5, 5.41) is 5.96. The molecule has 0 saturated heterocycles. The number of hydrogen-bond donors (Lipinski definition) is 1. The van der Waals surface area contributed by atoms with Crippen LogP contribution in [0, 0.1) is 5.41 Å². The van der Waals surface area contributed by atoms with Gasteiger partial charge in [0.2, 0.25) is 0 Å². The number of fused-ring (bicyclic) bond motifs is 3. The van der Waals surface area contributed by atoms with Crippen LogP contribution in [0.1, 0.15) is 43.7 Å². The Morgan fingerprint density at radius 1 is 0.935 bits per heavy atom. The first kappa shape index (κ1) is 19.7. The molecule has 5 rings (SSSR count). The van der Waals surface area contributed by atoms with E-state index in [2.05, 4.69) is 61.6 Å². The lowest BCUT2D eigenvalue weighted by atomic mass is 9.68. The Kier molecular flexibility index (Phi) is 4.54. The first-order valence-electron chi connectivity index (χ1n) is 10.7. The van der Waals surface area contributed by atoms with Gasteiger partial charge in [-0.25, -0.2) is 0 Å². The highest BCUT2D eigenvalue weighted by molar-refractivity contribution is 6.04. The molecule has 0 spiro atoms. The number of hydrogen-bond acceptors (Lipinski definition) is 4. The second kappa shape index (κ2) is 7.16. The number of carbonyl (C=O) groups excluding carboxylic acids is 1. The fourth-order valence-electron chi connectivity index (χ4n) is 5.17. The summed E-state index contributed by atoms with van der Waals surface area (Å²) in [6.07, 6.45) is 1.40. The Balaban J connectivity index is 1.80. The van der Waals surface area contributed by atoms with Gasteiger partial charge in [-0.2, -0.15) is 0 Å². The maximum atomic E-state index is 13.5. The summed E-state index contributed by atoms with van der Waals surface area (Å²) in [6.45, 7) is 4.33. The number of anilines is 1. The topological polar surface area (TPSA) is 47.6 Å². The molecule has 0 radical (unpaired) electrons. The molecule has 4 nitrogen and oxygen atoms in total. The van der Waals surface area contributed by atoms with E-state index in [-0.39, 0.29) is 17.1 Å². The van der Waals surface area contributed by atoms with Crippen LogP contribution in [0.2, 0.25) is 0 Å². The van der Waals surface area contributed by atoms with Gasteiger partial charge in [0.25, 0.3) is 0 Å². The van der Waals surface area contributed by atoms with Gasteiger partial charge in [-0.1, -0.05) is 50.2 Å². The van der Waals surface area contributed by atoms with E-state index in [1.807, 2.05) is 12.1 Å². The minimum absolute atomic E-state index is 0.0561. The van der Waals surface area contributed by atoms with Gasteiger partial charge in [-0.05, 0) is 51.9 Å². The molecule has 0 saturated carbocycles. The lowest BCUT2D eigenvalue weighted by Gasteiger charge is -2.40. The van der Waals surface area contributed by atoms with Gasteiger partial charge in [0.15, 0.2) is 17.3 Å². The van der Waals surface area contributed by atoms with Crippen molar-refractivity contribution < 1.29 is 14.3 Å². The number of ketones is 1. The number of allylic oxidation sites excluding steroid dienone is 2. The summed E-state index contributed by atoms with van der Waals surface area (Å²) < 4.78 is 11.1. The number of nitrogens with one attached hydrogen (secondary N) is 1. The zero-order valence-corrected chi connectivity index (χ0v) is 18.4. The summed E-state index contributed by atoms with van der Waals surface area (Å²) in [5.74, 6) is 1.42. The van der Waals surface area contributed by atoms with Crippen LogP contribution in [0.15, 0.2) is 65.9 Å². The molecule has 31 heavy (non-hydrogen) atoms. The first-order valence-corrected chi connectivity index (χ1v) is 10.7. The highest BCUT2D eigenvalue weighted by Gasteiger charge is 2.41. The molecule has 0 fully saturated rings. The zero-order chi connectivity index (χ0) is 21.8. The molecule has 158 valence electrons. The van der Waals surface area contributed by atoms with Gasteiger partial charge < -0.3 is 14.8 Å².